The van der Waals surface area contributed by atoms with Gasteiger partial charge in [0.2, 0.25) is 0 Å². The fourth-order valence-corrected chi connectivity index (χ4v) is 1.57. The first-order valence-electron chi connectivity index (χ1n) is 6.01. The number of carboxylic acids is 1. The molecule has 0 aliphatic heterocycles. The number of aromatic carboxylic acids is 1. The van der Waals surface area contributed by atoms with Gasteiger partial charge in [0.1, 0.15) is 0 Å². The lowest BCUT2D eigenvalue weighted by molar-refractivity contribution is 0.0697. The molecule has 18 heavy (non-hydrogen) atoms. The van der Waals surface area contributed by atoms with E-state index in [9.17, 15) is 4.79 Å². The Balaban J connectivity index is 2.57. The van der Waals surface area contributed by atoms with Crippen LogP contribution < -0.4 is 5.32 Å². The third kappa shape index (κ3) is 4.75. The number of hydrogen-bond donors (Lipinski definition) is 2. The zero-order chi connectivity index (χ0) is 13.6. The highest BCUT2D eigenvalue weighted by Gasteiger charge is 2.17. The van der Waals surface area contributed by atoms with Crippen LogP contribution in [0.4, 0.5) is 5.69 Å². The maximum absolute atomic E-state index is 10.9. The van der Waals surface area contributed by atoms with Crippen LogP contribution in [0, 0.1) is 5.41 Å². The van der Waals surface area contributed by atoms with Gasteiger partial charge in [-0.25, -0.2) is 4.79 Å². The van der Waals surface area contributed by atoms with E-state index in [2.05, 4.69) is 19.2 Å². The van der Waals surface area contributed by atoms with E-state index >= 15 is 0 Å². The molecule has 100 valence electrons. The number of methoxy groups -OCH3 is 1. The lowest BCUT2D eigenvalue weighted by atomic mass is 9.89. The summed E-state index contributed by atoms with van der Waals surface area (Å²) in [5.41, 5.74) is 1.24. The zero-order valence-electron chi connectivity index (χ0n) is 11.2. The van der Waals surface area contributed by atoms with Gasteiger partial charge in [-0.05, 0) is 30.0 Å². The van der Waals surface area contributed by atoms with Crippen molar-refractivity contribution in [2.24, 2.45) is 5.41 Å². The summed E-state index contributed by atoms with van der Waals surface area (Å²) in [7, 11) is 1.69. The Kier molecular flexibility index (Phi) is 5.16. The number of benzene rings is 1. The molecule has 1 rings (SSSR count). The van der Waals surface area contributed by atoms with Crippen molar-refractivity contribution in [2.75, 3.05) is 25.6 Å². The van der Waals surface area contributed by atoms with E-state index in [1.165, 1.54) is 0 Å². The highest BCUT2D eigenvalue weighted by Crippen LogP contribution is 2.21. The van der Waals surface area contributed by atoms with Crippen molar-refractivity contribution in [2.45, 2.75) is 20.3 Å². The molecular formula is C14H21NO3. The van der Waals surface area contributed by atoms with Crippen molar-refractivity contribution in [3.8, 4) is 0 Å². The second-order valence-electron chi connectivity index (χ2n) is 5.15. The quantitative estimate of drug-likeness (QED) is 0.782. The van der Waals surface area contributed by atoms with Gasteiger partial charge in [-0.15, -0.1) is 0 Å². The van der Waals surface area contributed by atoms with E-state index in [4.69, 9.17) is 9.84 Å². The summed E-state index contributed by atoms with van der Waals surface area (Å²) in [6.45, 7) is 5.81. The van der Waals surface area contributed by atoms with Crippen LogP contribution in [0.2, 0.25) is 0 Å². The minimum Gasteiger partial charge on any atom is -0.478 e. The Labute approximate surface area is 108 Å². The van der Waals surface area contributed by atoms with E-state index < -0.39 is 5.97 Å². The molecule has 0 saturated heterocycles. The summed E-state index contributed by atoms with van der Waals surface area (Å²) >= 11 is 0. The second kappa shape index (κ2) is 6.40. The maximum atomic E-state index is 10.9. The fourth-order valence-electron chi connectivity index (χ4n) is 1.57. The van der Waals surface area contributed by atoms with Crippen LogP contribution in [0.3, 0.4) is 0 Å². The van der Waals surface area contributed by atoms with Gasteiger partial charge in [-0.1, -0.05) is 19.9 Å². The van der Waals surface area contributed by atoms with E-state index in [-0.39, 0.29) is 5.41 Å². The van der Waals surface area contributed by atoms with E-state index in [1.807, 2.05) is 6.07 Å². The smallest absolute Gasteiger partial charge is 0.335 e. The molecular weight excluding hydrogens is 230 g/mol. The number of nitrogens with one attached hydrogen (secondary N) is 1. The van der Waals surface area contributed by atoms with Gasteiger partial charge in [0.25, 0.3) is 0 Å². The second-order valence-corrected chi connectivity index (χ2v) is 5.15. The van der Waals surface area contributed by atoms with Gasteiger partial charge in [0, 0.05) is 25.9 Å². The molecule has 0 aliphatic rings. The van der Waals surface area contributed by atoms with Crippen LogP contribution in [-0.4, -0.2) is 31.3 Å². The molecule has 0 unspecified atom stereocenters. The summed E-state index contributed by atoms with van der Waals surface area (Å²) in [4.78, 5) is 10.9. The van der Waals surface area contributed by atoms with Crippen LogP contribution in [0.1, 0.15) is 30.6 Å². The van der Waals surface area contributed by atoms with Crippen molar-refractivity contribution in [1.82, 2.24) is 0 Å². The van der Waals surface area contributed by atoms with Crippen LogP contribution in [0.25, 0.3) is 0 Å². The Morgan fingerprint density at radius 1 is 1.44 bits per heavy atom. The molecule has 1 aromatic rings. The first-order chi connectivity index (χ1) is 8.44. The minimum absolute atomic E-state index is 0.106. The molecule has 0 spiro atoms. The molecule has 4 heteroatoms. The summed E-state index contributed by atoms with van der Waals surface area (Å²) in [5.74, 6) is -0.905. The summed E-state index contributed by atoms with van der Waals surface area (Å²) in [6, 6.07) is 6.85. The summed E-state index contributed by atoms with van der Waals surface area (Å²) in [6.07, 6.45) is 0.953. The zero-order valence-corrected chi connectivity index (χ0v) is 11.2. The maximum Gasteiger partial charge on any atom is 0.335 e. The Morgan fingerprint density at radius 2 is 2.17 bits per heavy atom. The average molecular weight is 251 g/mol. The number of ether oxygens (including phenoxy) is 1. The molecule has 0 atom stereocenters. The topological polar surface area (TPSA) is 58.6 Å². The van der Waals surface area contributed by atoms with Crippen LogP contribution in [0.5, 0.6) is 0 Å². The number of rotatable bonds is 7. The van der Waals surface area contributed by atoms with Crippen LogP contribution in [-0.2, 0) is 4.74 Å². The van der Waals surface area contributed by atoms with Crippen molar-refractivity contribution in [3.05, 3.63) is 29.8 Å². The highest BCUT2D eigenvalue weighted by atomic mass is 16.5. The predicted molar refractivity (Wildman–Crippen MR) is 72.2 cm³/mol. The molecule has 0 aromatic heterocycles. The Hall–Kier alpha value is -1.55. The highest BCUT2D eigenvalue weighted by molar-refractivity contribution is 5.88. The summed E-state index contributed by atoms with van der Waals surface area (Å²) in [5, 5.41) is 12.2. The molecule has 0 aliphatic carbocycles. The monoisotopic (exact) mass is 251 g/mol. The standard InChI is InChI=1S/C14H21NO3/c1-14(2,7-8-18-3)10-15-12-6-4-5-11(9-12)13(16)17/h4-6,9,15H,7-8,10H2,1-3H3,(H,16,17). The molecule has 0 fully saturated rings. The van der Waals surface area contributed by atoms with E-state index in [0.29, 0.717) is 5.56 Å². The average Bonchev–Trinajstić information content (AvgIpc) is 2.34. The molecule has 0 amide bonds. The first kappa shape index (κ1) is 14.5. The molecule has 1 aromatic carbocycles. The van der Waals surface area contributed by atoms with Gasteiger partial charge in [-0.3, -0.25) is 0 Å². The molecule has 4 nitrogen and oxygen atoms in total. The van der Waals surface area contributed by atoms with Crippen molar-refractivity contribution >= 4 is 11.7 Å². The molecule has 0 saturated carbocycles. The van der Waals surface area contributed by atoms with Crippen LogP contribution in [0.15, 0.2) is 24.3 Å². The van der Waals surface area contributed by atoms with Gasteiger partial charge >= 0.3 is 5.97 Å². The first-order valence-corrected chi connectivity index (χ1v) is 6.01. The number of hydrogen-bond acceptors (Lipinski definition) is 3. The van der Waals surface area contributed by atoms with E-state index in [1.54, 1.807) is 25.3 Å². The Bertz CT molecular complexity index is 402. The molecule has 0 heterocycles. The molecule has 0 bridgehead atoms. The largest absolute Gasteiger partial charge is 0.478 e. The Morgan fingerprint density at radius 3 is 2.78 bits per heavy atom. The molecule has 2 N–H and O–H groups in total. The van der Waals surface area contributed by atoms with Gasteiger partial charge in [0.05, 0.1) is 5.56 Å². The predicted octanol–water partition coefficient (Wildman–Crippen LogP) is 2.86. The normalized spacial score (nSPS) is 11.3. The fraction of sp³-hybridized carbons (Fsp3) is 0.500. The van der Waals surface area contributed by atoms with Gasteiger partial charge < -0.3 is 15.2 Å². The number of anilines is 1. The minimum atomic E-state index is -0.905. The lowest BCUT2D eigenvalue weighted by Gasteiger charge is -2.25. The van der Waals surface area contributed by atoms with Gasteiger partial charge in [0.15, 0.2) is 0 Å². The van der Waals surface area contributed by atoms with Crippen molar-refractivity contribution in [1.29, 1.82) is 0 Å². The van der Waals surface area contributed by atoms with Crippen LogP contribution >= 0.6 is 0 Å². The molecule has 0 radical (unpaired) electrons. The number of carbonyl (C=O) groups is 1. The lowest BCUT2D eigenvalue weighted by Crippen LogP contribution is -2.24. The third-order valence-electron chi connectivity index (χ3n) is 2.86. The van der Waals surface area contributed by atoms with Crippen molar-refractivity contribution < 1.29 is 14.6 Å². The van der Waals surface area contributed by atoms with Crippen molar-refractivity contribution in [3.63, 3.8) is 0 Å². The summed E-state index contributed by atoms with van der Waals surface area (Å²) < 4.78 is 5.07. The van der Waals surface area contributed by atoms with Gasteiger partial charge in [-0.2, -0.15) is 0 Å². The third-order valence-corrected chi connectivity index (χ3v) is 2.86. The van der Waals surface area contributed by atoms with E-state index in [0.717, 1.165) is 25.3 Å². The number of carboxylic acid groups (broad SMARTS) is 1. The SMILES string of the molecule is COCCC(C)(C)CNc1cccc(C(=O)O)c1.